The maximum atomic E-state index is 11.6. The first kappa shape index (κ1) is 18.0. The summed E-state index contributed by atoms with van der Waals surface area (Å²) in [4.78, 5) is 20.7. The van der Waals surface area contributed by atoms with Crippen LogP contribution in [0.5, 0.6) is 0 Å². The number of anilines is 1. The van der Waals surface area contributed by atoms with E-state index in [1.165, 1.54) is 25.7 Å². The lowest BCUT2D eigenvalue weighted by Crippen LogP contribution is -2.48. The van der Waals surface area contributed by atoms with Gasteiger partial charge in [-0.2, -0.15) is 5.10 Å². The number of ether oxygens (including phenoxy) is 1. The van der Waals surface area contributed by atoms with Gasteiger partial charge >= 0.3 is 5.97 Å². The summed E-state index contributed by atoms with van der Waals surface area (Å²) >= 11 is 0. The quantitative estimate of drug-likeness (QED) is 0.753. The van der Waals surface area contributed by atoms with E-state index < -0.39 is 0 Å². The molecule has 1 aromatic rings. The van der Waals surface area contributed by atoms with Gasteiger partial charge in [0, 0.05) is 32.1 Å². The molecule has 25 heavy (non-hydrogen) atoms. The van der Waals surface area contributed by atoms with E-state index in [0.29, 0.717) is 19.1 Å². The van der Waals surface area contributed by atoms with Crippen LogP contribution in [0.4, 0.5) is 5.95 Å². The summed E-state index contributed by atoms with van der Waals surface area (Å²) in [5.74, 6) is 1.93. The molecule has 3 rings (SSSR count). The number of hydrogen-bond acceptors (Lipinski definition) is 7. The van der Waals surface area contributed by atoms with Crippen molar-refractivity contribution in [2.24, 2.45) is 5.92 Å². The van der Waals surface area contributed by atoms with Crippen molar-refractivity contribution in [1.29, 1.82) is 0 Å². The first-order valence-corrected chi connectivity index (χ1v) is 9.48. The Kier molecular flexibility index (Phi) is 6.18. The molecule has 1 saturated carbocycles. The number of carbonyl (C=O) groups excluding carboxylic acids is 1. The summed E-state index contributed by atoms with van der Waals surface area (Å²) in [5, 5.41) is 8.45. The molecule has 0 atom stereocenters. The fourth-order valence-corrected chi connectivity index (χ4v) is 3.69. The van der Waals surface area contributed by atoms with E-state index in [-0.39, 0.29) is 5.97 Å². The molecule has 0 bridgehead atoms. The molecule has 0 N–H and O–H groups in total. The average molecular weight is 347 g/mol. The molecule has 7 heteroatoms. The summed E-state index contributed by atoms with van der Waals surface area (Å²) in [5.41, 5.74) is 1.09. The molecule has 2 fully saturated rings. The number of rotatable bonds is 5. The van der Waals surface area contributed by atoms with Crippen molar-refractivity contribution in [1.82, 2.24) is 20.1 Å². The summed E-state index contributed by atoms with van der Waals surface area (Å²) in [7, 11) is 0. The van der Waals surface area contributed by atoms with E-state index in [9.17, 15) is 4.79 Å². The molecule has 1 saturated heterocycles. The topological polar surface area (TPSA) is 71.5 Å². The van der Waals surface area contributed by atoms with E-state index in [2.05, 4.69) is 26.9 Å². The molecule has 2 heterocycles. The predicted molar refractivity (Wildman–Crippen MR) is 95.5 cm³/mol. The maximum Gasteiger partial charge on any atom is 0.320 e. The molecular weight excluding hydrogens is 318 g/mol. The van der Waals surface area contributed by atoms with Crippen molar-refractivity contribution in [2.45, 2.75) is 45.4 Å². The lowest BCUT2D eigenvalue weighted by molar-refractivity contribution is -0.144. The first-order chi connectivity index (χ1) is 12.2. The molecule has 0 unspecified atom stereocenters. The Bertz CT molecular complexity index is 566. The molecule has 0 radical (unpaired) electrons. The van der Waals surface area contributed by atoms with Gasteiger partial charge in [0.2, 0.25) is 5.95 Å². The van der Waals surface area contributed by atoms with Crippen molar-refractivity contribution in [2.75, 3.05) is 44.2 Å². The monoisotopic (exact) mass is 347 g/mol. The van der Waals surface area contributed by atoms with Crippen molar-refractivity contribution >= 4 is 11.9 Å². The second kappa shape index (κ2) is 8.56. The Labute approximate surface area is 149 Å². The normalized spacial score (nSPS) is 25.0. The zero-order valence-electron chi connectivity index (χ0n) is 15.4. The van der Waals surface area contributed by atoms with Crippen molar-refractivity contribution in [3.63, 3.8) is 0 Å². The fraction of sp³-hybridized carbons (Fsp3) is 0.778. The van der Waals surface area contributed by atoms with E-state index >= 15 is 0 Å². The van der Waals surface area contributed by atoms with Gasteiger partial charge in [0.25, 0.3) is 0 Å². The number of piperazine rings is 1. The highest BCUT2D eigenvalue weighted by Gasteiger charge is 2.24. The van der Waals surface area contributed by atoms with Gasteiger partial charge in [0.05, 0.1) is 25.0 Å². The number of carbonyl (C=O) groups is 1. The second-order valence-electron chi connectivity index (χ2n) is 7.21. The van der Waals surface area contributed by atoms with Gasteiger partial charge in [-0.1, -0.05) is 19.8 Å². The smallest absolute Gasteiger partial charge is 0.320 e. The van der Waals surface area contributed by atoms with Crippen LogP contribution in [0.15, 0.2) is 6.20 Å². The minimum Gasteiger partial charge on any atom is -0.465 e. The van der Waals surface area contributed by atoms with Crippen molar-refractivity contribution in [3.8, 4) is 0 Å². The van der Waals surface area contributed by atoms with Crippen LogP contribution in [-0.2, 0) is 9.53 Å². The third-order valence-corrected chi connectivity index (χ3v) is 5.31. The highest BCUT2D eigenvalue weighted by Crippen LogP contribution is 2.34. The minimum atomic E-state index is -0.151. The summed E-state index contributed by atoms with van der Waals surface area (Å²) in [6, 6.07) is 0. The average Bonchev–Trinajstić information content (AvgIpc) is 2.63. The summed E-state index contributed by atoms with van der Waals surface area (Å²) in [6.45, 7) is 8.21. The van der Waals surface area contributed by atoms with Gasteiger partial charge in [-0.3, -0.25) is 9.69 Å². The lowest BCUT2D eigenvalue weighted by Gasteiger charge is -2.34. The van der Waals surface area contributed by atoms with Crippen molar-refractivity contribution < 1.29 is 9.53 Å². The highest BCUT2D eigenvalue weighted by atomic mass is 16.5. The standard InChI is InChI=1S/C18H29N5O2/c1-3-25-17(24)13-22-8-10-23(11-9-22)18-20-16(12-19-21-18)15-6-4-14(2)5-7-15/h12,14-15H,3-11,13H2,1-2H3/t14-,15-. The van der Waals surface area contributed by atoms with Crippen LogP contribution < -0.4 is 4.90 Å². The molecule has 0 spiro atoms. The SMILES string of the molecule is CCOC(=O)CN1CCN(c2nncc([C@H]3CC[C@H](C)CC3)n2)CC1. The van der Waals surface area contributed by atoms with Gasteiger partial charge in [0.15, 0.2) is 0 Å². The molecule has 1 aliphatic heterocycles. The molecule has 7 nitrogen and oxygen atoms in total. The van der Waals surface area contributed by atoms with Crippen LogP contribution in [0.25, 0.3) is 0 Å². The Morgan fingerprint density at radius 3 is 2.60 bits per heavy atom. The summed E-state index contributed by atoms with van der Waals surface area (Å²) in [6.07, 6.45) is 6.79. The number of nitrogens with zero attached hydrogens (tertiary/aromatic N) is 5. The molecule has 0 amide bonds. The lowest BCUT2D eigenvalue weighted by atomic mass is 9.81. The highest BCUT2D eigenvalue weighted by molar-refractivity contribution is 5.71. The van der Waals surface area contributed by atoms with Crippen LogP contribution in [0.3, 0.4) is 0 Å². The van der Waals surface area contributed by atoms with E-state index in [1.807, 2.05) is 13.1 Å². The number of hydrogen-bond donors (Lipinski definition) is 0. The van der Waals surface area contributed by atoms with E-state index in [4.69, 9.17) is 9.72 Å². The molecule has 0 aromatic carbocycles. The number of esters is 1. The zero-order chi connectivity index (χ0) is 17.6. The Morgan fingerprint density at radius 2 is 1.92 bits per heavy atom. The van der Waals surface area contributed by atoms with Crippen LogP contribution in [0.1, 0.15) is 51.1 Å². The first-order valence-electron chi connectivity index (χ1n) is 9.48. The Morgan fingerprint density at radius 1 is 1.20 bits per heavy atom. The molecular formula is C18H29N5O2. The largest absolute Gasteiger partial charge is 0.465 e. The third kappa shape index (κ3) is 4.87. The third-order valence-electron chi connectivity index (χ3n) is 5.31. The molecule has 2 aliphatic rings. The van der Waals surface area contributed by atoms with Crippen LogP contribution in [-0.4, -0.2) is 65.4 Å². The maximum absolute atomic E-state index is 11.6. The van der Waals surface area contributed by atoms with E-state index in [1.54, 1.807) is 0 Å². The van der Waals surface area contributed by atoms with Crippen LogP contribution in [0.2, 0.25) is 0 Å². The molecule has 1 aliphatic carbocycles. The molecule has 1 aromatic heterocycles. The predicted octanol–water partition coefficient (Wildman–Crippen LogP) is 1.85. The zero-order valence-corrected chi connectivity index (χ0v) is 15.4. The second-order valence-corrected chi connectivity index (χ2v) is 7.21. The fourth-order valence-electron chi connectivity index (χ4n) is 3.69. The van der Waals surface area contributed by atoms with Gasteiger partial charge in [0.1, 0.15) is 0 Å². The number of aromatic nitrogens is 3. The van der Waals surface area contributed by atoms with Crippen LogP contribution >= 0.6 is 0 Å². The Hall–Kier alpha value is -1.76. The molecule has 138 valence electrons. The van der Waals surface area contributed by atoms with Crippen molar-refractivity contribution in [3.05, 3.63) is 11.9 Å². The van der Waals surface area contributed by atoms with E-state index in [0.717, 1.165) is 43.7 Å². The van der Waals surface area contributed by atoms with Crippen LogP contribution in [0, 0.1) is 5.92 Å². The Balaban J connectivity index is 1.55. The van der Waals surface area contributed by atoms with Gasteiger partial charge in [-0.05, 0) is 25.7 Å². The van der Waals surface area contributed by atoms with Gasteiger partial charge < -0.3 is 9.64 Å². The van der Waals surface area contributed by atoms with Gasteiger partial charge in [-0.15, -0.1) is 5.10 Å². The van der Waals surface area contributed by atoms with Gasteiger partial charge in [-0.25, -0.2) is 4.98 Å². The minimum absolute atomic E-state index is 0.151. The summed E-state index contributed by atoms with van der Waals surface area (Å²) < 4.78 is 5.02.